The van der Waals surface area contributed by atoms with Crippen LogP contribution >= 0.6 is 0 Å². The van der Waals surface area contributed by atoms with Crippen LogP contribution in [0.15, 0.2) is 0 Å². The molecule has 1 fully saturated rings. The zero-order valence-corrected chi connectivity index (χ0v) is 11.0. The van der Waals surface area contributed by atoms with E-state index in [1.165, 1.54) is 0 Å². The molecule has 0 spiro atoms. The van der Waals surface area contributed by atoms with Gasteiger partial charge in [0.2, 0.25) is 0 Å². The van der Waals surface area contributed by atoms with Crippen molar-refractivity contribution in [1.29, 1.82) is 0 Å². The molecule has 0 aliphatic carbocycles. The van der Waals surface area contributed by atoms with E-state index in [-0.39, 0.29) is 12.0 Å². The van der Waals surface area contributed by atoms with E-state index >= 15 is 0 Å². The number of ether oxygens (including phenoxy) is 1. The lowest BCUT2D eigenvalue weighted by atomic mass is 10.1. The van der Waals surface area contributed by atoms with Crippen LogP contribution in [0.2, 0.25) is 0 Å². The van der Waals surface area contributed by atoms with Gasteiger partial charge in [0, 0.05) is 18.7 Å². The van der Waals surface area contributed by atoms with Crippen LogP contribution in [-0.2, 0) is 9.53 Å². The summed E-state index contributed by atoms with van der Waals surface area (Å²) in [7, 11) is 0. The number of carbonyl (C=O) groups excluding carboxylic acids is 1. The van der Waals surface area contributed by atoms with Gasteiger partial charge in [0.25, 0.3) is 5.91 Å². The second-order valence-corrected chi connectivity index (χ2v) is 4.76. The highest BCUT2D eigenvalue weighted by Crippen LogP contribution is 2.20. The Morgan fingerprint density at radius 3 is 2.25 bits per heavy atom. The van der Waals surface area contributed by atoms with Crippen molar-refractivity contribution < 1.29 is 9.53 Å². The van der Waals surface area contributed by atoms with Crippen molar-refractivity contribution in [2.24, 2.45) is 0 Å². The fraction of sp³-hybridized carbons (Fsp3) is 0.923. The first-order valence-electron chi connectivity index (χ1n) is 6.55. The molecule has 1 aliphatic heterocycles. The third kappa shape index (κ3) is 2.97. The van der Waals surface area contributed by atoms with Crippen LogP contribution in [0, 0.1) is 0 Å². The fourth-order valence-electron chi connectivity index (χ4n) is 2.20. The molecule has 3 atom stereocenters. The van der Waals surface area contributed by atoms with Crippen molar-refractivity contribution >= 4 is 5.91 Å². The summed E-state index contributed by atoms with van der Waals surface area (Å²) in [5.74, 6) is 0.196. The van der Waals surface area contributed by atoms with Crippen LogP contribution in [0.1, 0.15) is 53.4 Å². The summed E-state index contributed by atoms with van der Waals surface area (Å²) in [6.07, 6.45) is 3.74. The summed E-state index contributed by atoms with van der Waals surface area (Å²) < 4.78 is 5.49. The Balaban J connectivity index is 2.70. The smallest absolute Gasteiger partial charge is 0.252 e. The molecule has 0 N–H and O–H groups in total. The van der Waals surface area contributed by atoms with Gasteiger partial charge in [-0.3, -0.25) is 4.79 Å². The van der Waals surface area contributed by atoms with Crippen LogP contribution < -0.4 is 0 Å². The van der Waals surface area contributed by atoms with E-state index in [9.17, 15) is 4.79 Å². The van der Waals surface area contributed by atoms with Gasteiger partial charge in [0.1, 0.15) is 6.10 Å². The first kappa shape index (κ1) is 13.5. The molecule has 94 valence electrons. The van der Waals surface area contributed by atoms with Gasteiger partial charge in [-0.25, -0.2) is 0 Å². The van der Waals surface area contributed by atoms with Gasteiger partial charge in [-0.2, -0.15) is 0 Å². The summed E-state index contributed by atoms with van der Waals surface area (Å²) in [5, 5.41) is 0. The number of rotatable bonds is 5. The Hall–Kier alpha value is -0.570. The monoisotopic (exact) mass is 227 g/mol. The maximum Gasteiger partial charge on any atom is 0.252 e. The normalized spacial score (nSPS) is 24.1. The van der Waals surface area contributed by atoms with Crippen molar-refractivity contribution in [3.8, 4) is 0 Å². The molecule has 0 aromatic rings. The maximum absolute atomic E-state index is 12.3. The molecule has 16 heavy (non-hydrogen) atoms. The molecule has 0 aromatic carbocycles. The largest absolute Gasteiger partial charge is 0.368 e. The van der Waals surface area contributed by atoms with E-state index in [2.05, 4.69) is 27.7 Å². The first-order valence-corrected chi connectivity index (χ1v) is 6.55. The molecular weight excluding hydrogens is 202 g/mol. The van der Waals surface area contributed by atoms with Crippen LogP contribution in [0.5, 0.6) is 0 Å². The Morgan fingerprint density at radius 2 is 1.88 bits per heavy atom. The van der Waals surface area contributed by atoms with Gasteiger partial charge in [-0.05, 0) is 39.5 Å². The second-order valence-electron chi connectivity index (χ2n) is 4.76. The average Bonchev–Trinajstić information content (AvgIpc) is 2.81. The van der Waals surface area contributed by atoms with Gasteiger partial charge in [0.15, 0.2) is 0 Å². The zero-order valence-electron chi connectivity index (χ0n) is 11.0. The van der Waals surface area contributed by atoms with Gasteiger partial charge in [-0.15, -0.1) is 0 Å². The number of hydrogen-bond acceptors (Lipinski definition) is 2. The Labute approximate surface area is 99.1 Å². The van der Waals surface area contributed by atoms with Gasteiger partial charge in [0.05, 0.1) is 0 Å². The predicted octanol–water partition coefficient (Wildman–Crippen LogP) is 2.59. The molecule has 3 heteroatoms. The third-order valence-electron chi connectivity index (χ3n) is 3.59. The van der Waals surface area contributed by atoms with E-state index in [0.717, 1.165) is 32.3 Å². The molecule has 0 aromatic heterocycles. The lowest BCUT2D eigenvalue weighted by molar-refractivity contribution is -0.145. The second kappa shape index (κ2) is 6.24. The average molecular weight is 227 g/mol. The van der Waals surface area contributed by atoms with Crippen LogP contribution in [0.3, 0.4) is 0 Å². The lowest BCUT2D eigenvalue weighted by Gasteiger charge is -2.35. The maximum atomic E-state index is 12.3. The lowest BCUT2D eigenvalue weighted by Crippen LogP contribution is -2.48. The third-order valence-corrected chi connectivity index (χ3v) is 3.59. The molecule has 1 aliphatic rings. The van der Waals surface area contributed by atoms with Gasteiger partial charge in [-0.1, -0.05) is 13.8 Å². The summed E-state index contributed by atoms with van der Waals surface area (Å²) in [6, 6.07) is 0.623. The summed E-state index contributed by atoms with van der Waals surface area (Å²) >= 11 is 0. The number of nitrogens with zero attached hydrogens (tertiary/aromatic N) is 1. The van der Waals surface area contributed by atoms with Crippen molar-refractivity contribution in [3.05, 3.63) is 0 Å². The molecule has 1 amide bonds. The Bertz CT molecular complexity index is 214. The fourth-order valence-corrected chi connectivity index (χ4v) is 2.20. The quantitative estimate of drug-likeness (QED) is 0.722. The highest BCUT2D eigenvalue weighted by atomic mass is 16.5. The number of carbonyl (C=O) groups is 1. The Kier molecular flexibility index (Phi) is 5.26. The summed E-state index contributed by atoms with van der Waals surface area (Å²) in [5.41, 5.74) is 0. The summed E-state index contributed by atoms with van der Waals surface area (Å²) in [6.45, 7) is 9.24. The highest BCUT2D eigenvalue weighted by Gasteiger charge is 2.32. The minimum Gasteiger partial charge on any atom is -0.368 e. The van der Waals surface area contributed by atoms with E-state index in [1.807, 2.05) is 4.90 Å². The van der Waals surface area contributed by atoms with E-state index in [4.69, 9.17) is 4.74 Å². The van der Waals surface area contributed by atoms with Crippen molar-refractivity contribution in [2.45, 2.75) is 71.6 Å². The van der Waals surface area contributed by atoms with Gasteiger partial charge < -0.3 is 9.64 Å². The predicted molar refractivity (Wildman–Crippen MR) is 65.3 cm³/mol. The SMILES string of the molecule is CC[C@@H](C)N(C(=O)[C@@H]1CCCO1)[C@H](C)CC. The van der Waals surface area contributed by atoms with E-state index < -0.39 is 0 Å². The minimum absolute atomic E-state index is 0.178. The number of hydrogen-bond donors (Lipinski definition) is 0. The molecule has 3 nitrogen and oxygen atoms in total. The molecule has 0 saturated carbocycles. The van der Waals surface area contributed by atoms with Crippen molar-refractivity contribution in [2.75, 3.05) is 6.61 Å². The molecule has 1 saturated heterocycles. The molecular formula is C13H25NO2. The van der Waals surface area contributed by atoms with E-state index in [0.29, 0.717) is 12.1 Å². The topological polar surface area (TPSA) is 29.5 Å². The van der Waals surface area contributed by atoms with E-state index in [1.54, 1.807) is 0 Å². The molecule has 1 heterocycles. The van der Waals surface area contributed by atoms with Crippen molar-refractivity contribution in [3.63, 3.8) is 0 Å². The molecule has 0 unspecified atom stereocenters. The first-order chi connectivity index (χ1) is 7.61. The minimum atomic E-state index is -0.178. The van der Waals surface area contributed by atoms with Crippen molar-refractivity contribution in [1.82, 2.24) is 4.90 Å². The number of amides is 1. The standard InChI is InChI=1S/C13H25NO2/c1-5-10(3)14(11(4)6-2)13(15)12-8-7-9-16-12/h10-12H,5-9H2,1-4H3/t10-,11-,12+/m1/s1. The van der Waals surface area contributed by atoms with Crippen LogP contribution in [0.4, 0.5) is 0 Å². The van der Waals surface area contributed by atoms with Crippen LogP contribution in [0.25, 0.3) is 0 Å². The molecule has 0 bridgehead atoms. The molecule has 1 rings (SSSR count). The van der Waals surface area contributed by atoms with Gasteiger partial charge >= 0.3 is 0 Å². The Morgan fingerprint density at radius 1 is 1.31 bits per heavy atom. The van der Waals surface area contributed by atoms with Crippen LogP contribution in [-0.4, -0.2) is 35.6 Å². The highest BCUT2D eigenvalue weighted by molar-refractivity contribution is 5.81. The summed E-state index contributed by atoms with van der Waals surface area (Å²) in [4.78, 5) is 14.4. The molecule has 0 radical (unpaired) electrons. The zero-order chi connectivity index (χ0) is 12.1.